The van der Waals surface area contributed by atoms with E-state index in [9.17, 15) is 29.4 Å². The maximum atomic E-state index is 12.2. The van der Waals surface area contributed by atoms with Crippen LogP contribution in [-0.2, 0) is 14.4 Å². The SMILES string of the molecule is C/C1=C2\CC(C(=O)O)(C(=O)O)C\C2=C(/C)C(=O)CN(C(=O)O)C1. The predicted molar refractivity (Wildman–Crippen MR) is 76.9 cm³/mol. The molecule has 1 aliphatic carbocycles. The molecule has 3 N–H and O–H groups in total. The van der Waals surface area contributed by atoms with Crippen molar-refractivity contribution in [2.24, 2.45) is 5.41 Å². The van der Waals surface area contributed by atoms with Crippen molar-refractivity contribution in [3.05, 3.63) is 22.3 Å². The molecule has 1 amide bonds. The molecule has 8 heteroatoms. The molecular formula is C15H17NO7. The molecule has 1 fully saturated rings. The zero-order valence-corrected chi connectivity index (χ0v) is 12.8. The summed E-state index contributed by atoms with van der Waals surface area (Å²) < 4.78 is 0. The number of allylic oxidation sites excluding steroid dienone is 2. The zero-order chi connectivity index (χ0) is 17.5. The highest BCUT2D eigenvalue weighted by atomic mass is 16.4. The van der Waals surface area contributed by atoms with Gasteiger partial charge in [0, 0.05) is 13.0 Å². The van der Waals surface area contributed by atoms with E-state index < -0.39 is 29.2 Å². The molecule has 2 aliphatic rings. The lowest BCUT2D eigenvalue weighted by Gasteiger charge is -2.24. The summed E-state index contributed by atoms with van der Waals surface area (Å²) in [6.07, 6.45) is -1.78. The summed E-state index contributed by atoms with van der Waals surface area (Å²) in [6.45, 7) is 2.73. The number of nitrogens with zero attached hydrogens (tertiary/aromatic N) is 1. The number of hydrogen-bond acceptors (Lipinski definition) is 4. The van der Waals surface area contributed by atoms with Crippen molar-refractivity contribution in [3.63, 3.8) is 0 Å². The van der Waals surface area contributed by atoms with Crippen LogP contribution in [0.3, 0.4) is 0 Å². The van der Waals surface area contributed by atoms with Gasteiger partial charge in [0.15, 0.2) is 11.2 Å². The van der Waals surface area contributed by atoms with Crippen LogP contribution in [0.2, 0.25) is 0 Å². The number of fused-ring (bicyclic) bond motifs is 1. The third-order valence-corrected chi connectivity index (χ3v) is 4.56. The van der Waals surface area contributed by atoms with E-state index in [1.165, 1.54) is 6.92 Å². The Hall–Kier alpha value is -2.64. The molecule has 124 valence electrons. The first kappa shape index (κ1) is 16.7. The van der Waals surface area contributed by atoms with E-state index in [4.69, 9.17) is 5.11 Å². The number of carboxylic acids is 2. The molecule has 0 radical (unpaired) electrons. The molecule has 1 saturated carbocycles. The topological polar surface area (TPSA) is 132 Å². The Labute approximate surface area is 131 Å². The predicted octanol–water partition coefficient (Wildman–Crippen LogP) is 1.13. The third kappa shape index (κ3) is 2.60. The monoisotopic (exact) mass is 323 g/mol. The lowest BCUT2D eigenvalue weighted by atomic mass is 9.85. The Balaban J connectivity index is 2.62. The molecule has 0 aromatic rings. The van der Waals surface area contributed by atoms with Gasteiger partial charge in [-0.1, -0.05) is 5.57 Å². The van der Waals surface area contributed by atoms with Crippen LogP contribution in [0, 0.1) is 5.41 Å². The molecule has 2 rings (SSSR count). The highest BCUT2D eigenvalue weighted by Crippen LogP contribution is 2.48. The number of amides is 1. The Bertz CT molecular complexity index is 672. The second-order valence-electron chi connectivity index (χ2n) is 5.97. The molecule has 0 unspecified atom stereocenters. The molecular weight excluding hydrogens is 306 g/mol. The van der Waals surface area contributed by atoms with Gasteiger partial charge in [-0.15, -0.1) is 0 Å². The highest BCUT2D eigenvalue weighted by molar-refractivity contribution is 6.03. The summed E-state index contributed by atoms with van der Waals surface area (Å²) in [7, 11) is 0. The van der Waals surface area contributed by atoms with E-state index in [1.54, 1.807) is 6.92 Å². The van der Waals surface area contributed by atoms with Gasteiger partial charge in [0.2, 0.25) is 0 Å². The average molecular weight is 323 g/mol. The molecule has 0 aromatic carbocycles. The van der Waals surface area contributed by atoms with Crippen molar-refractivity contribution in [3.8, 4) is 0 Å². The van der Waals surface area contributed by atoms with Crippen molar-refractivity contribution >= 4 is 23.8 Å². The Morgan fingerprint density at radius 1 is 0.957 bits per heavy atom. The lowest BCUT2D eigenvalue weighted by Crippen LogP contribution is -2.37. The Morgan fingerprint density at radius 2 is 1.48 bits per heavy atom. The maximum Gasteiger partial charge on any atom is 0.408 e. The first-order valence-electron chi connectivity index (χ1n) is 6.96. The molecule has 0 saturated heterocycles. The molecule has 0 atom stereocenters. The van der Waals surface area contributed by atoms with Gasteiger partial charge < -0.3 is 15.3 Å². The second kappa shape index (κ2) is 5.53. The van der Waals surface area contributed by atoms with Crippen LogP contribution in [-0.4, -0.2) is 57.1 Å². The molecule has 23 heavy (non-hydrogen) atoms. The second-order valence-corrected chi connectivity index (χ2v) is 5.97. The van der Waals surface area contributed by atoms with Crippen LogP contribution in [0.15, 0.2) is 22.3 Å². The van der Waals surface area contributed by atoms with Gasteiger partial charge in [-0.2, -0.15) is 0 Å². The van der Waals surface area contributed by atoms with Crippen LogP contribution in [0.5, 0.6) is 0 Å². The van der Waals surface area contributed by atoms with E-state index in [-0.39, 0.29) is 31.5 Å². The van der Waals surface area contributed by atoms with Crippen molar-refractivity contribution in [1.29, 1.82) is 0 Å². The van der Waals surface area contributed by atoms with E-state index in [2.05, 4.69) is 0 Å². The number of hydrogen-bond donors (Lipinski definition) is 3. The summed E-state index contributed by atoms with van der Waals surface area (Å²) in [5, 5.41) is 27.9. The Morgan fingerprint density at radius 3 is 1.96 bits per heavy atom. The zero-order valence-electron chi connectivity index (χ0n) is 12.8. The minimum atomic E-state index is -2.01. The summed E-state index contributed by atoms with van der Waals surface area (Å²) in [4.78, 5) is 47.4. The van der Waals surface area contributed by atoms with Gasteiger partial charge in [0.1, 0.15) is 0 Å². The number of rotatable bonds is 2. The number of ketones is 1. The minimum Gasteiger partial charge on any atom is -0.480 e. The number of carboxylic acid groups (broad SMARTS) is 3. The summed E-state index contributed by atoms with van der Waals surface area (Å²) in [5.74, 6) is -3.36. The average Bonchev–Trinajstić information content (AvgIpc) is 2.86. The van der Waals surface area contributed by atoms with Gasteiger partial charge in [0.25, 0.3) is 0 Å². The lowest BCUT2D eigenvalue weighted by molar-refractivity contribution is -0.163. The largest absolute Gasteiger partial charge is 0.480 e. The quantitative estimate of drug-likeness (QED) is 0.649. The molecule has 0 aromatic heterocycles. The Kier molecular flexibility index (Phi) is 4.02. The maximum absolute atomic E-state index is 12.2. The minimum absolute atomic E-state index is 0.0531. The van der Waals surface area contributed by atoms with Gasteiger partial charge >= 0.3 is 18.0 Å². The van der Waals surface area contributed by atoms with Crippen molar-refractivity contribution in [1.82, 2.24) is 4.90 Å². The van der Waals surface area contributed by atoms with Crippen LogP contribution in [0.25, 0.3) is 0 Å². The molecule has 1 heterocycles. The van der Waals surface area contributed by atoms with Crippen molar-refractivity contribution < 1.29 is 34.5 Å². The highest BCUT2D eigenvalue weighted by Gasteiger charge is 2.53. The van der Waals surface area contributed by atoms with Crippen LogP contribution in [0.1, 0.15) is 26.7 Å². The fourth-order valence-corrected chi connectivity index (χ4v) is 3.07. The first-order valence-corrected chi connectivity index (χ1v) is 6.96. The standard InChI is InChI=1S/C15H17NO7/c1-7-5-16(14(22)23)6-11(17)8(2)10-4-15(12(18)19,13(20)21)3-9(7)10/h3-6H2,1-2H3,(H,18,19)(H,20,21)(H,22,23)/b9-7-,10-8-. The van der Waals surface area contributed by atoms with E-state index in [0.717, 1.165) is 4.90 Å². The van der Waals surface area contributed by atoms with E-state index in [1.807, 2.05) is 0 Å². The van der Waals surface area contributed by atoms with Gasteiger partial charge in [0.05, 0.1) is 6.54 Å². The molecule has 0 spiro atoms. The van der Waals surface area contributed by atoms with Crippen molar-refractivity contribution in [2.75, 3.05) is 13.1 Å². The van der Waals surface area contributed by atoms with Crippen LogP contribution < -0.4 is 0 Å². The molecule has 1 aliphatic heterocycles. The number of carbonyl (C=O) groups excluding carboxylic acids is 1. The van der Waals surface area contributed by atoms with E-state index >= 15 is 0 Å². The third-order valence-electron chi connectivity index (χ3n) is 4.56. The fraction of sp³-hybridized carbons (Fsp3) is 0.467. The number of Topliss-reactive ketones (excluding diaryl/α,β-unsaturated/α-hetero) is 1. The summed E-state index contributed by atoms with van der Waals surface area (Å²) in [6, 6.07) is 0. The van der Waals surface area contributed by atoms with Crippen molar-refractivity contribution in [2.45, 2.75) is 26.7 Å². The number of carbonyl (C=O) groups is 4. The summed E-state index contributed by atoms with van der Waals surface area (Å²) in [5.41, 5.74) is -0.325. The summed E-state index contributed by atoms with van der Waals surface area (Å²) >= 11 is 0. The smallest absolute Gasteiger partial charge is 0.408 e. The fourth-order valence-electron chi connectivity index (χ4n) is 3.07. The van der Waals surface area contributed by atoms with Crippen LogP contribution in [0.4, 0.5) is 4.79 Å². The van der Waals surface area contributed by atoms with E-state index in [0.29, 0.717) is 16.7 Å². The van der Waals surface area contributed by atoms with Gasteiger partial charge in [-0.05, 0) is 37.0 Å². The molecule has 0 bridgehead atoms. The van der Waals surface area contributed by atoms with Gasteiger partial charge in [-0.3, -0.25) is 19.3 Å². The van der Waals surface area contributed by atoms with Gasteiger partial charge in [-0.25, -0.2) is 4.79 Å². The normalized spacial score (nSPS) is 27.2. The van der Waals surface area contributed by atoms with Crippen LogP contribution >= 0.6 is 0 Å². The first-order chi connectivity index (χ1) is 10.6. The number of aliphatic carboxylic acids is 2. The molecule has 8 nitrogen and oxygen atoms in total.